The Bertz CT molecular complexity index is 871. The number of carbonyl (C=O) groups excluding carboxylic acids is 2. The molecule has 0 spiro atoms. The van der Waals surface area contributed by atoms with Crippen LogP contribution < -0.4 is 0 Å². The van der Waals surface area contributed by atoms with Crippen LogP contribution in [-0.4, -0.2) is 37.9 Å². The van der Waals surface area contributed by atoms with Gasteiger partial charge in [-0.15, -0.1) is 0 Å². The van der Waals surface area contributed by atoms with Crippen LogP contribution in [0.15, 0.2) is 42.5 Å². The lowest BCUT2D eigenvalue weighted by Gasteiger charge is -2.50. The highest BCUT2D eigenvalue weighted by atomic mass is 16.5. The van der Waals surface area contributed by atoms with E-state index in [4.69, 9.17) is 14.2 Å². The van der Waals surface area contributed by atoms with Gasteiger partial charge in [0.15, 0.2) is 0 Å². The smallest absolute Gasteiger partial charge is 0.310 e. The second kappa shape index (κ2) is 9.23. The van der Waals surface area contributed by atoms with Crippen LogP contribution in [0, 0.1) is 6.92 Å². The van der Waals surface area contributed by atoms with E-state index < -0.39 is 5.41 Å². The predicted octanol–water partition coefficient (Wildman–Crippen LogP) is 3.84. The van der Waals surface area contributed by atoms with Crippen LogP contribution in [0.1, 0.15) is 42.5 Å². The van der Waals surface area contributed by atoms with Gasteiger partial charge < -0.3 is 14.2 Å². The van der Waals surface area contributed by atoms with Gasteiger partial charge in [0.1, 0.15) is 0 Å². The van der Waals surface area contributed by atoms with Crippen LogP contribution >= 0.6 is 0 Å². The van der Waals surface area contributed by atoms with Gasteiger partial charge in [-0.3, -0.25) is 9.59 Å². The fourth-order valence-electron chi connectivity index (χ4n) is 3.89. The molecule has 0 bridgehead atoms. The van der Waals surface area contributed by atoms with Crippen molar-refractivity contribution in [2.75, 3.05) is 19.8 Å². The zero-order valence-electron chi connectivity index (χ0n) is 17.3. The molecular formula is C24H28O5. The van der Waals surface area contributed by atoms with Crippen LogP contribution in [0.5, 0.6) is 0 Å². The third-order valence-corrected chi connectivity index (χ3v) is 5.28. The maximum Gasteiger partial charge on any atom is 0.310 e. The number of ether oxygens (including phenoxy) is 3. The first-order valence-electron chi connectivity index (χ1n) is 10.1. The van der Waals surface area contributed by atoms with Crippen LogP contribution in [0.4, 0.5) is 0 Å². The van der Waals surface area contributed by atoms with Crippen molar-refractivity contribution in [3.8, 4) is 0 Å². The first-order valence-corrected chi connectivity index (χ1v) is 10.1. The van der Waals surface area contributed by atoms with Gasteiger partial charge in [-0.1, -0.05) is 54.1 Å². The Labute approximate surface area is 172 Å². The lowest BCUT2D eigenvalue weighted by Crippen LogP contribution is -2.57. The SMILES string of the molecule is CCOC(=O)Cc1ccccc(C)cc2c(c1)C=CC1OCC21CC(=O)OCC. The van der Waals surface area contributed by atoms with Crippen LogP contribution in [-0.2, 0) is 35.6 Å². The average molecular weight is 396 g/mol. The number of carbonyl (C=O) groups is 2. The molecule has 1 heterocycles. The van der Waals surface area contributed by atoms with Crippen molar-refractivity contribution in [1.29, 1.82) is 0 Å². The van der Waals surface area contributed by atoms with Crippen LogP contribution in [0.3, 0.4) is 0 Å². The molecule has 0 aromatic heterocycles. The average Bonchev–Trinajstić information content (AvgIpc) is 2.65. The van der Waals surface area contributed by atoms with E-state index in [2.05, 4.69) is 6.07 Å². The molecule has 5 nitrogen and oxygen atoms in total. The van der Waals surface area contributed by atoms with Gasteiger partial charge in [-0.05, 0) is 37.5 Å². The standard InChI is InChI=1S/C24H28O5/c1-4-27-22(25)14-18-9-7-6-8-17(3)12-20-19(13-18)10-11-21-24(20,16-29-21)15-23(26)28-5-2/h6-13,21H,4-5,14-16H2,1-3H3. The first-order chi connectivity index (χ1) is 14.0. The van der Waals surface area contributed by atoms with Gasteiger partial charge in [0.2, 0.25) is 0 Å². The highest BCUT2D eigenvalue weighted by Gasteiger charge is 2.52. The van der Waals surface area contributed by atoms with E-state index in [0.29, 0.717) is 19.8 Å². The molecule has 2 aliphatic rings. The molecule has 5 heteroatoms. The number of fused-ring (bicyclic) bond motifs is 3. The third-order valence-electron chi connectivity index (χ3n) is 5.28. The minimum absolute atomic E-state index is 0.154. The number of hydrogen-bond donors (Lipinski definition) is 0. The lowest BCUT2D eigenvalue weighted by atomic mass is 9.66. The Morgan fingerprint density at radius 1 is 1.10 bits per heavy atom. The normalized spacial score (nSPS) is 21.1. The number of rotatable bonds is 6. The molecule has 1 aromatic carbocycles. The minimum atomic E-state index is -0.445. The molecule has 0 saturated carbocycles. The summed E-state index contributed by atoms with van der Waals surface area (Å²) in [6.07, 6.45) is 4.31. The van der Waals surface area contributed by atoms with Gasteiger partial charge >= 0.3 is 11.9 Å². The molecule has 1 fully saturated rings. The summed E-state index contributed by atoms with van der Waals surface area (Å²) in [4.78, 5) is 24.4. The summed E-state index contributed by atoms with van der Waals surface area (Å²) < 4.78 is 16.1. The summed E-state index contributed by atoms with van der Waals surface area (Å²) in [6, 6.07) is 11.9. The first kappa shape index (κ1) is 21.1. The molecule has 29 heavy (non-hydrogen) atoms. The van der Waals surface area contributed by atoms with E-state index in [1.807, 2.05) is 56.3 Å². The summed E-state index contributed by atoms with van der Waals surface area (Å²) >= 11 is 0. The predicted molar refractivity (Wildman–Crippen MR) is 111 cm³/mol. The monoisotopic (exact) mass is 396 g/mol. The zero-order valence-corrected chi connectivity index (χ0v) is 17.3. The number of esters is 2. The molecule has 1 saturated heterocycles. The molecule has 1 aliphatic heterocycles. The van der Waals surface area contributed by atoms with Crippen molar-refractivity contribution in [2.24, 2.45) is 0 Å². The van der Waals surface area contributed by atoms with Crippen molar-refractivity contribution < 1.29 is 23.8 Å². The Balaban J connectivity index is 2.12. The molecule has 2 atom stereocenters. The van der Waals surface area contributed by atoms with Gasteiger partial charge in [0.25, 0.3) is 0 Å². The summed E-state index contributed by atoms with van der Waals surface area (Å²) in [6.45, 7) is 6.81. The van der Waals surface area contributed by atoms with Gasteiger partial charge in [-0.2, -0.15) is 0 Å². The van der Waals surface area contributed by atoms with Crippen molar-refractivity contribution in [3.05, 3.63) is 64.7 Å². The van der Waals surface area contributed by atoms with E-state index in [1.165, 1.54) is 0 Å². The summed E-state index contributed by atoms with van der Waals surface area (Å²) in [5.74, 6) is -0.485. The van der Waals surface area contributed by atoms with E-state index in [0.717, 1.165) is 22.3 Å². The van der Waals surface area contributed by atoms with E-state index in [-0.39, 0.29) is 30.9 Å². The molecule has 1 aromatic rings. The molecule has 3 rings (SSSR count). The highest BCUT2D eigenvalue weighted by Crippen LogP contribution is 2.47. The summed E-state index contributed by atoms with van der Waals surface area (Å²) in [5, 5.41) is 0. The third kappa shape index (κ3) is 4.67. The van der Waals surface area contributed by atoms with E-state index in [9.17, 15) is 9.59 Å². The van der Waals surface area contributed by atoms with Gasteiger partial charge in [0, 0.05) is 0 Å². The number of aryl methyl sites for hydroxylation is 1. The molecule has 154 valence electrons. The zero-order chi connectivity index (χ0) is 20.9. The molecule has 0 radical (unpaired) electrons. The maximum atomic E-state index is 12.4. The van der Waals surface area contributed by atoms with Crippen molar-refractivity contribution in [3.63, 3.8) is 0 Å². The Morgan fingerprint density at radius 2 is 1.83 bits per heavy atom. The minimum Gasteiger partial charge on any atom is -0.466 e. The number of hydrogen-bond acceptors (Lipinski definition) is 5. The van der Waals surface area contributed by atoms with Crippen LogP contribution in [0.2, 0.25) is 0 Å². The second-order valence-corrected chi connectivity index (χ2v) is 7.41. The summed E-state index contributed by atoms with van der Waals surface area (Å²) in [5.41, 5.74) is 3.51. The fraction of sp³-hybridized carbons (Fsp3) is 0.417. The van der Waals surface area contributed by atoms with E-state index in [1.54, 1.807) is 6.92 Å². The van der Waals surface area contributed by atoms with Crippen molar-refractivity contribution in [2.45, 2.75) is 45.1 Å². The quantitative estimate of drug-likeness (QED) is 0.684. The maximum absolute atomic E-state index is 12.4. The lowest BCUT2D eigenvalue weighted by molar-refractivity contribution is -0.159. The van der Waals surface area contributed by atoms with Crippen molar-refractivity contribution >= 4 is 18.0 Å². The van der Waals surface area contributed by atoms with Crippen molar-refractivity contribution in [1.82, 2.24) is 0 Å². The van der Waals surface area contributed by atoms with Gasteiger partial charge in [0.05, 0.1) is 44.2 Å². The van der Waals surface area contributed by atoms with Crippen LogP contribution in [0.25, 0.3) is 6.08 Å². The molecule has 1 aliphatic carbocycles. The summed E-state index contributed by atoms with van der Waals surface area (Å²) in [7, 11) is 0. The second-order valence-electron chi connectivity index (χ2n) is 7.41. The Morgan fingerprint density at radius 3 is 2.52 bits per heavy atom. The topological polar surface area (TPSA) is 61.8 Å². The fourth-order valence-corrected chi connectivity index (χ4v) is 3.89. The molecular weight excluding hydrogens is 368 g/mol. The molecule has 0 N–H and O–H groups in total. The largest absolute Gasteiger partial charge is 0.466 e. The Hall–Kier alpha value is -2.66. The molecule has 0 amide bonds. The van der Waals surface area contributed by atoms with Gasteiger partial charge in [-0.25, -0.2) is 0 Å². The highest BCUT2D eigenvalue weighted by molar-refractivity contribution is 5.75. The van der Waals surface area contributed by atoms with E-state index >= 15 is 0 Å². The Kier molecular flexibility index (Phi) is 6.70. The molecule has 2 unspecified atom stereocenters.